The summed E-state index contributed by atoms with van der Waals surface area (Å²) < 4.78 is 0. The van der Waals surface area contributed by atoms with Crippen molar-refractivity contribution in [2.24, 2.45) is 11.8 Å². The number of amides is 4. The summed E-state index contributed by atoms with van der Waals surface area (Å²) in [5, 5.41) is 6.09. The van der Waals surface area contributed by atoms with Crippen LogP contribution in [0.2, 0.25) is 0 Å². The molecule has 1 aliphatic carbocycles. The SMILES string of the molecule is CNCC1CCN(C(=O)CN2C(=O)NC3(CCCCC3C)C2=O)CC1. The molecule has 0 radical (unpaired) electrons. The Labute approximate surface area is 149 Å². The molecule has 1 saturated carbocycles. The quantitative estimate of drug-likeness (QED) is 0.740. The normalized spacial score (nSPS) is 30.9. The van der Waals surface area contributed by atoms with Crippen molar-refractivity contribution in [1.82, 2.24) is 20.4 Å². The second kappa shape index (κ2) is 7.32. The highest BCUT2D eigenvalue weighted by Crippen LogP contribution is 2.38. The van der Waals surface area contributed by atoms with Crippen LogP contribution in [0.25, 0.3) is 0 Å². The molecule has 2 heterocycles. The molecule has 140 valence electrons. The predicted molar refractivity (Wildman–Crippen MR) is 93.8 cm³/mol. The lowest BCUT2D eigenvalue weighted by Gasteiger charge is -2.37. The van der Waals surface area contributed by atoms with Gasteiger partial charge in [-0.05, 0) is 51.1 Å². The minimum Gasteiger partial charge on any atom is -0.341 e. The predicted octanol–water partition coefficient (Wildman–Crippen LogP) is 0.945. The molecular formula is C18H30N4O3. The fraction of sp³-hybridized carbons (Fsp3) is 0.833. The monoisotopic (exact) mass is 350 g/mol. The highest BCUT2D eigenvalue weighted by Gasteiger charge is 2.55. The maximum atomic E-state index is 12.9. The molecule has 1 spiro atoms. The molecule has 25 heavy (non-hydrogen) atoms. The molecule has 3 rings (SSSR count). The van der Waals surface area contributed by atoms with Crippen molar-refractivity contribution in [3.8, 4) is 0 Å². The van der Waals surface area contributed by atoms with Gasteiger partial charge in [0.25, 0.3) is 5.91 Å². The number of urea groups is 1. The van der Waals surface area contributed by atoms with E-state index in [0.717, 1.165) is 43.5 Å². The summed E-state index contributed by atoms with van der Waals surface area (Å²) in [5.74, 6) is 0.391. The Morgan fingerprint density at radius 2 is 1.96 bits per heavy atom. The van der Waals surface area contributed by atoms with Crippen LogP contribution in [0.3, 0.4) is 0 Å². The number of nitrogens with zero attached hydrogens (tertiary/aromatic N) is 2. The number of hydrogen-bond donors (Lipinski definition) is 2. The summed E-state index contributed by atoms with van der Waals surface area (Å²) in [6.07, 6.45) is 5.58. The molecule has 3 fully saturated rings. The third-order valence-corrected chi connectivity index (χ3v) is 6.25. The van der Waals surface area contributed by atoms with Crippen LogP contribution in [-0.2, 0) is 9.59 Å². The van der Waals surface area contributed by atoms with E-state index >= 15 is 0 Å². The number of hydrogen-bond acceptors (Lipinski definition) is 4. The molecule has 3 aliphatic rings. The molecule has 2 unspecified atom stereocenters. The topological polar surface area (TPSA) is 81.8 Å². The van der Waals surface area contributed by atoms with E-state index in [1.54, 1.807) is 4.90 Å². The number of nitrogens with one attached hydrogen (secondary N) is 2. The van der Waals surface area contributed by atoms with Crippen LogP contribution in [0.4, 0.5) is 4.79 Å². The Hall–Kier alpha value is -1.63. The number of rotatable bonds is 4. The Bertz CT molecular complexity index is 544. The van der Waals surface area contributed by atoms with Gasteiger partial charge in [-0.25, -0.2) is 4.79 Å². The van der Waals surface area contributed by atoms with Crippen LogP contribution in [0.5, 0.6) is 0 Å². The van der Waals surface area contributed by atoms with Gasteiger partial charge in [0, 0.05) is 13.1 Å². The highest BCUT2D eigenvalue weighted by molar-refractivity contribution is 6.09. The largest absolute Gasteiger partial charge is 0.341 e. The van der Waals surface area contributed by atoms with Crippen LogP contribution in [0.15, 0.2) is 0 Å². The lowest BCUT2D eigenvalue weighted by atomic mass is 9.73. The Morgan fingerprint density at radius 1 is 1.24 bits per heavy atom. The molecule has 0 bridgehead atoms. The third kappa shape index (κ3) is 3.38. The first-order chi connectivity index (χ1) is 12.0. The summed E-state index contributed by atoms with van der Waals surface area (Å²) in [6.45, 7) is 4.27. The summed E-state index contributed by atoms with van der Waals surface area (Å²) in [4.78, 5) is 40.8. The van der Waals surface area contributed by atoms with E-state index < -0.39 is 11.6 Å². The summed E-state index contributed by atoms with van der Waals surface area (Å²) in [6, 6.07) is -0.405. The maximum absolute atomic E-state index is 12.9. The van der Waals surface area contributed by atoms with Gasteiger partial charge in [0.1, 0.15) is 12.1 Å². The van der Waals surface area contributed by atoms with E-state index in [-0.39, 0.29) is 24.3 Å². The van der Waals surface area contributed by atoms with Gasteiger partial charge in [-0.15, -0.1) is 0 Å². The molecule has 0 aromatic heterocycles. The van der Waals surface area contributed by atoms with Crippen molar-refractivity contribution in [3.63, 3.8) is 0 Å². The molecule has 2 atom stereocenters. The fourth-order valence-corrected chi connectivity index (χ4v) is 4.55. The van der Waals surface area contributed by atoms with Crippen molar-refractivity contribution in [1.29, 1.82) is 0 Å². The molecular weight excluding hydrogens is 320 g/mol. The Kier molecular flexibility index (Phi) is 5.32. The first-order valence-electron chi connectivity index (χ1n) is 9.54. The van der Waals surface area contributed by atoms with E-state index in [4.69, 9.17) is 0 Å². The van der Waals surface area contributed by atoms with E-state index in [1.165, 1.54) is 0 Å². The molecule has 0 aromatic carbocycles. The van der Waals surface area contributed by atoms with Crippen LogP contribution < -0.4 is 10.6 Å². The van der Waals surface area contributed by atoms with Gasteiger partial charge >= 0.3 is 6.03 Å². The number of carbonyl (C=O) groups is 3. The van der Waals surface area contributed by atoms with Crippen molar-refractivity contribution >= 4 is 17.8 Å². The van der Waals surface area contributed by atoms with Crippen LogP contribution in [0, 0.1) is 11.8 Å². The number of piperidine rings is 1. The summed E-state index contributed by atoms with van der Waals surface area (Å²) in [5.41, 5.74) is -0.782. The zero-order valence-electron chi connectivity index (χ0n) is 15.3. The van der Waals surface area contributed by atoms with E-state index in [2.05, 4.69) is 10.6 Å². The maximum Gasteiger partial charge on any atom is 0.325 e. The minimum atomic E-state index is -0.782. The Balaban J connectivity index is 1.60. The van der Waals surface area contributed by atoms with Crippen molar-refractivity contribution < 1.29 is 14.4 Å². The minimum absolute atomic E-state index is 0.119. The summed E-state index contributed by atoms with van der Waals surface area (Å²) in [7, 11) is 1.94. The van der Waals surface area contributed by atoms with Crippen molar-refractivity contribution in [3.05, 3.63) is 0 Å². The van der Waals surface area contributed by atoms with Gasteiger partial charge in [-0.3, -0.25) is 14.5 Å². The van der Waals surface area contributed by atoms with E-state index in [9.17, 15) is 14.4 Å². The second-order valence-electron chi connectivity index (χ2n) is 7.82. The first kappa shape index (κ1) is 18.2. The first-order valence-corrected chi connectivity index (χ1v) is 9.54. The van der Waals surface area contributed by atoms with Gasteiger partial charge in [0.2, 0.25) is 5.91 Å². The molecule has 2 N–H and O–H groups in total. The third-order valence-electron chi connectivity index (χ3n) is 6.25. The lowest BCUT2D eigenvalue weighted by molar-refractivity contribution is -0.141. The number of likely N-dealkylation sites (tertiary alicyclic amines) is 1. The highest BCUT2D eigenvalue weighted by atomic mass is 16.2. The van der Waals surface area contributed by atoms with Gasteiger partial charge < -0.3 is 15.5 Å². The zero-order chi connectivity index (χ0) is 18.0. The number of carbonyl (C=O) groups excluding carboxylic acids is 3. The van der Waals surface area contributed by atoms with Crippen molar-refractivity contribution in [2.75, 3.05) is 33.2 Å². The van der Waals surface area contributed by atoms with Crippen LogP contribution >= 0.6 is 0 Å². The van der Waals surface area contributed by atoms with Gasteiger partial charge in [-0.2, -0.15) is 0 Å². The van der Waals surface area contributed by atoms with Gasteiger partial charge in [0.05, 0.1) is 0 Å². The molecule has 4 amide bonds. The molecule has 0 aromatic rings. The molecule has 2 aliphatic heterocycles. The Morgan fingerprint density at radius 3 is 2.60 bits per heavy atom. The van der Waals surface area contributed by atoms with Gasteiger partial charge in [-0.1, -0.05) is 19.8 Å². The number of imide groups is 1. The average molecular weight is 350 g/mol. The zero-order valence-corrected chi connectivity index (χ0v) is 15.3. The van der Waals surface area contributed by atoms with E-state index in [0.29, 0.717) is 25.4 Å². The van der Waals surface area contributed by atoms with Crippen LogP contribution in [0.1, 0.15) is 45.4 Å². The fourth-order valence-electron chi connectivity index (χ4n) is 4.55. The standard InChI is InChI=1S/C18H30N4O3/c1-13-5-3-4-8-18(13)16(24)22(17(25)20-18)12-15(23)21-9-6-14(7-10-21)11-19-2/h13-14,19H,3-12H2,1-2H3,(H,20,25). The molecule has 7 heteroatoms. The van der Waals surface area contributed by atoms with Crippen LogP contribution in [-0.4, -0.2) is 66.4 Å². The molecule has 2 saturated heterocycles. The van der Waals surface area contributed by atoms with E-state index in [1.807, 2.05) is 14.0 Å². The lowest BCUT2D eigenvalue weighted by Crippen LogP contribution is -2.54. The smallest absolute Gasteiger partial charge is 0.325 e. The molecule has 7 nitrogen and oxygen atoms in total. The second-order valence-corrected chi connectivity index (χ2v) is 7.82. The summed E-state index contributed by atoms with van der Waals surface area (Å²) >= 11 is 0. The van der Waals surface area contributed by atoms with Crippen molar-refractivity contribution in [2.45, 2.75) is 51.0 Å². The average Bonchev–Trinajstić information content (AvgIpc) is 2.83. The van der Waals surface area contributed by atoms with Gasteiger partial charge in [0.15, 0.2) is 0 Å².